The van der Waals surface area contributed by atoms with Crippen molar-refractivity contribution in [3.63, 3.8) is 0 Å². The summed E-state index contributed by atoms with van der Waals surface area (Å²) in [5.74, 6) is 1.68. The van der Waals surface area contributed by atoms with Gasteiger partial charge in [-0.25, -0.2) is 15.0 Å². The van der Waals surface area contributed by atoms with Gasteiger partial charge in [0, 0.05) is 16.7 Å². The molecule has 2 spiro atoms. The molecular weight excluding hydrogens is 751 g/mol. The minimum Gasteiger partial charge on any atom is -0.208 e. The number of benzene rings is 9. The van der Waals surface area contributed by atoms with Crippen molar-refractivity contribution in [1.29, 1.82) is 0 Å². The second kappa shape index (κ2) is 13.2. The smallest absolute Gasteiger partial charge is 0.164 e. The highest BCUT2D eigenvalue weighted by molar-refractivity contribution is 5.94. The maximum Gasteiger partial charge on any atom is 0.164 e. The van der Waals surface area contributed by atoms with Crippen LogP contribution in [0.4, 0.5) is 0 Å². The molecule has 62 heavy (non-hydrogen) atoms. The van der Waals surface area contributed by atoms with Gasteiger partial charge in [-0.3, -0.25) is 0 Å². The topological polar surface area (TPSA) is 38.7 Å². The van der Waals surface area contributed by atoms with E-state index in [9.17, 15) is 0 Å². The fraction of sp³-hybridized carbons (Fsp3) is 0.0339. The molecule has 1 aromatic heterocycles. The Morgan fingerprint density at radius 2 is 0.613 bits per heavy atom. The van der Waals surface area contributed by atoms with Crippen molar-refractivity contribution in [3.8, 4) is 67.5 Å². The van der Waals surface area contributed by atoms with Gasteiger partial charge in [-0.1, -0.05) is 212 Å². The van der Waals surface area contributed by atoms with Crippen molar-refractivity contribution in [2.75, 3.05) is 0 Å². The van der Waals surface area contributed by atoms with Crippen molar-refractivity contribution >= 4 is 0 Å². The number of hydrogen-bond acceptors (Lipinski definition) is 3. The van der Waals surface area contributed by atoms with Crippen LogP contribution in [0, 0.1) is 0 Å². The van der Waals surface area contributed by atoms with Crippen molar-refractivity contribution in [1.82, 2.24) is 15.0 Å². The molecule has 3 aliphatic rings. The van der Waals surface area contributed by atoms with E-state index in [1.54, 1.807) is 0 Å². The van der Waals surface area contributed by atoms with Crippen LogP contribution in [0.1, 0.15) is 45.9 Å². The van der Waals surface area contributed by atoms with Gasteiger partial charge in [0.2, 0.25) is 0 Å². The van der Waals surface area contributed by atoms with Gasteiger partial charge >= 0.3 is 0 Å². The molecule has 3 heteroatoms. The average Bonchev–Trinajstić information content (AvgIpc) is 3.82. The van der Waals surface area contributed by atoms with Crippen LogP contribution in [0.2, 0.25) is 0 Å². The fourth-order valence-electron chi connectivity index (χ4n) is 11.1. The molecule has 3 aliphatic carbocycles. The number of hydrogen-bond donors (Lipinski definition) is 0. The van der Waals surface area contributed by atoms with Crippen LogP contribution in [0.3, 0.4) is 0 Å². The molecule has 0 N–H and O–H groups in total. The summed E-state index contributed by atoms with van der Waals surface area (Å²) < 4.78 is 8.90. The highest BCUT2D eigenvalue weighted by atomic mass is 15.0. The number of aromatic nitrogens is 3. The van der Waals surface area contributed by atoms with Gasteiger partial charge < -0.3 is 0 Å². The quantitative estimate of drug-likeness (QED) is 0.178. The molecule has 288 valence electrons. The Labute approximate surface area is 362 Å². The third-order valence-electron chi connectivity index (χ3n) is 13.5. The minimum absolute atomic E-state index is 0.393. The molecule has 0 atom stereocenters. The first-order valence-corrected chi connectivity index (χ1v) is 21.3. The fourth-order valence-corrected chi connectivity index (χ4v) is 11.1. The Morgan fingerprint density at radius 1 is 0.258 bits per heavy atom. The van der Waals surface area contributed by atoms with Crippen molar-refractivity contribution < 1.29 is 1.37 Å². The van der Waals surface area contributed by atoms with Gasteiger partial charge in [0.1, 0.15) is 0 Å². The van der Waals surface area contributed by atoms with Gasteiger partial charge in [-0.15, -0.1) is 0 Å². The highest BCUT2D eigenvalue weighted by Crippen LogP contribution is 2.67. The minimum atomic E-state index is -0.644. The van der Waals surface area contributed by atoms with Crippen molar-refractivity contribution in [2.45, 2.75) is 10.8 Å². The maximum absolute atomic E-state index is 8.90. The third kappa shape index (κ3) is 4.68. The lowest BCUT2D eigenvalue weighted by Crippen LogP contribution is -2.43. The molecule has 1 heterocycles. The summed E-state index contributed by atoms with van der Waals surface area (Å²) >= 11 is 0. The predicted octanol–water partition coefficient (Wildman–Crippen LogP) is 13.6. The number of nitrogens with zero attached hydrogens (tertiary/aromatic N) is 3. The predicted molar refractivity (Wildman–Crippen MR) is 250 cm³/mol. The zero-order chi connectivity index (χ0) is 41.7. The lowest BCUT2D eigenvalue weighted by molar-refractivity contribution is 0.633. The molecule has 0 amide bonds. The van der Waals surface area contributed by atoms with Crippen LogP contribution in [0.5, 0.6) is 0 Å². The van der Waals surface area contributed by atoms with Crippen LogP contribution in [0.15, 0.2) is 224 Å². The van der Waals surface area contributed by atoms with E-state index in [4.69, 9.17) is 16.3 Å². The maximum atomic E-state index is 8.90. The molecular formula is C59H37N3. The van der Waals surface area contributed by atoms with E-state index in [-0.39, 0.29) is 0 Å². The molecule has 0 fully saturated rings. The Bertz CT molecular complexity index is 3390. The summed E-state index contributed by atoms with van der Waals surface area (Å²) in [5.41, 5.74) is 18.5. The lowest BCUT2D eigenvalue weighted by atomic mass is 9.52. The van der Waals surface area contributed by atoms with E-state index in [1.807, 2.05) is 60.7 Å². The van der Waals surface area contributed by atoms with Crippen LogP contribution in [-0.2, 0) is 10.8 Å². The summed E-state index contributed by atoms with van der Waals surface area (Å²) in [6, 6.07) is 78.7. The highest BCUT2D eigenvalue weighted by Gasteiger charge is 2.59. The summed E-state index contributed by atoms with van der Waals surface area (Å²) in [6.45, 7) is 0. The zero-order valence-electron chi connectivity index (χ0n) is 34.6. The third-order valence-corrected chi connectivity index (χ3v) is 13.5. The SMILES string of the molecule is [2H]c1cc(-c2ccccc2)cc(-c2nc(-c3ccccc3)nc(-c3ccc4c(c3)C3(c5ccccc5-c5ccccc53)c3ccccc3C43c4ccccc4-c4ccccc43)n2)c1. The van der Waals surface area contributed by atoms with Gasteiger partial charge in [-0.2, -0.15) is 0 Å². The first-order valence-electron chi connectivity index (χ1n) is 21.8. The Morgan fingerprint density at radius 3 is 1.11 bits per heavy atom. The second-order valence-corrected chi connectivity index (χ2v) is 16.5. The lowest BCUT2D eigenvalue weighted by Gasteiger charge is -2.49. The zero-order valence-corrected chi connectivity index (χ0v) is 33.6. The molecule has 0 unspecified atom stereocenters. The monoisotopic (exact) mass is 788 g/mol. The molecule has 0 radical (unpaired) electrons. The average molecular weight is 789 g/mol. The first-order chi connectivity index (χ1) is 31.1. The van der Waals surface area contributed by atoms with E-state index in [1.165, 1.54) is 66.8 Å². The molecule has 0 bridgehead atoms. The van der Waals surface area contributed by atoms with Crippen molar-refractivity contribution in [2.24, 2.45) is 0 Å². The summed E-state index contributed by atoms with van der Waals surface area (Å²) in [5, 5.41) is 0. The molecule has 10 aromatic rings. The van der Waals surface area contributed by atoms with Crippen LogP contribution in [-0.4, -0.2) is 15.0 Å². The van der Waals surface area contributed by atoms with Crippen LogP contribution < -0.4 is 0 Å². The molecule has 9 aromatic carbocycles. The summed E-state index contributed by atoms with van der Waals surface area (Å²) in [6.07, 6.45) is 0. The van der Waals surface area contributed by atoms with E-state index < -0.39 is 10.8 Å². The van der Waals surface area contributed by atoms with Gasteiger partial charge in [0.15, 0.2) is 17.5 Å². The number of fused-ring (bicyclic) bond motifs is 16. The Balaban J connectivity index is 1.14. The van der Waals surface area contributed by atoms with E-state index in [2.05, 4.69) is 158 Å². The van der Waals surface area contributed by atoms with E-state index >= 15 is 0 Å². The van der Waals surface area contributed by atoms with E-state index in [0.717, 1.165) is 27.8 Å². The Kier molecular flexibility index (Phi) is 7.22. The van der Waals surface area contributed by atoms with Gasteiger partial charge in [0.05, 0.1) is 12.2 Å². The van der Waals surface area contributed by atoms with Gasteiger partial charge in [0.25, 0.3) is 0 Å². The standard InChI is InChI=1S/C59H37N3/c1-3-18-38(19-4-1)40-22-17-23-41(36-40)56-60-55(39-20-5-2-6-21-39)61-57(62-56)42-34-35-53-54(37-42)59(49-30-13-9-26-45(49)46-27-10-14-31-50(46)59)52-33-16-15-32-51(52)58(53)47-28-11-7-24-43(47)44-25-8-12-29-48(44)58/h1-37H/i17D. The van der Waals surface area contributed by atoms with Gasteiger partial charge in [-0.05, 0) is 90.0 Å². The van der Waals surface area contributed by atoms with Crippen LogP contribution >= 0.6 is 0 Å². The Hall–Kier alpha value is -8.01. The molecule has 0 saturated carbocycles. The largest absolute Gasteiger partial charge is 0.208 e. The van der Waals surface area contributed by atoms with E-state index in [0.29, 0.717) is 23.5 Å². The molecule has 0 saturated heterocycles. The van der Waals surface area contributed by atoms with Crippen molar-refractivity contribution in [3.05, 3.63) is 269 Å². The second-order valence-electron chi connectivity index (χ2n) is 16.5. The summed E-state index contributed by atoms with van der Waals surface area (Å²) in [4.78, 5) is 15.7. The molecule has 0 aliphatic heterocycles. The summed E-state index contributed by atoms with van der Waals surface area (Å²) in [7, 11) is 0. The normalized spacial score (nSPS) is 14.3. The molecule has 13 rings (SSSR count). The van der Waals surface area contributed by atoms with Crippen LogP contribution in [0.25, 0.3) is 67.5 Å². The number of rotatable bonds is 4. The molecule has 3 nitrogen and oxygen atoms in total. The first kappa shape index (κ1) is 33.8.